The van der Waals surface area contributed by atoms with E-state index in [2.05, 4.69) is 5.32 Å². The van der Waals surface area contributed by atoms with E-state index in [1.807, 2.05) is 38.1 Å². The molecule has 0 heterocycles. The number of rotatable bonds is 8. The summed E-state index contributed by atoms with van der Waals surface area (Å²) in [4.78, 5) is 12.2. The van der Waals surface area contributed by atoms with Crippen LogP contribution in [0.1, 0.15) is 18.9 Å². The first-order chi connectivity index (χ1) is 12.3. The van der Waals surface area contributed by atoms with Gasteiger partial charge in [0.1, 0.15) is 5.75 Å². The third kappa shape index (κ3) is 5.49. The minimum absolute atomic E-state index is 0.0502. The Bertz CT molecular complexity index is 848. The summed E-state index contributed by atoms with van der Waals surface area (Å²) in [5.41, 5.74) is 2.18. The van der Waals surface area contributed by atoms with Crippen molar-refractivity contribution in [1.82, 2.24) is 0 Å². The van der Waals surface area contributed by atoms with E-state index in [0.29, 0.717) is 18.0 Å². The lowest BCUT2D eigenvalue weighted by Gasteiger charge is -2.22. The first-order valence-corrected chi connectivity index (χ1v) is 10.2. The highest BCUT2D eigenvalue weighted by Crippen LogP contribution is 2.22. The quantitative estimate of drug-likeness (QED) is 0.768. The van der Waals surface area contributed by atoms with Crippen molar-refractivity contribution >= 4 is 27.3 Å². The Morgan fingerprint density at radius 3 is 2.35 bits per heavy atom. The molecule has 1 N–H and O–H groups in total. The van der Waals surface area contributed by atoms with Crippen molar-refractivity contribution in [2.75, 3.05) is 29.0 Å². The Kier molecular flexibility index (Phi) is 6.63. The lowest BCUT2D eigenvalue weighted by Crippen LogP contribution is -2.33. The topological polar surface area (TPSA) is 75.7 Å². The number of sulfonamides is 1. The summed E-state index contributed by atoms with van der Waals surface area (Å²) in [6, 6.07) is 14.2. The number of para-hydroxylation sites is 1. The van der Waals surface area contributed by atoms with Gasteiger partial charge in [-0.25, -0.2) is 8.42 Å². The first kappa shape index (κ1) is 19.8. The molecule has 0 aliphatic heterocycles. The van der Waals surface area contributed by atoms with Gasteiger partial charge in [-0.15, -0.1) is 0 Å². The van der Waals surface area contributed by atoms with Crippen LogP contribution in [0.5, 0.6) is 5.75 Å². The van der Waals surface area contributed by atoms with Gasteiger partial charge in [0.2, 0.25) is 15.9 Å². The van der Waals surface area contributed by atoms with E-state index in [1.54, 1.807) is 24.3 Å². The molecule has 0 atom stereocenters. The molecule has 0 fully saturated rings. The maximum atomic E-state index is 12.2. The molecular formula is C19H24N2O4S. The molecule has 0 radical (unpaired) electrons. The number of carbonyl (C=O) groups is 1. The fourth-order valence-corrected chi connectivity index (χ4v) is 3.42. The second-order valence-corrected chi connectivity index (χ2v) is 7.78. The number of nitrogens with zero attached hydrogens (tertiary/aromatic N) is 1. The van der Waals surface area contributed by atoms with Crippen LogP contribution in [0.15, 0.2) is 48.5 Å². The summed E-state index contributed by atoms with van der Waals surface area (Å²) in [7, 11) is -3.51. The number of hydrogen-bond acceptors (Lipinski definition) is 4. The third-order valence-corrected chi connectivity index (χ3v) is 4.99. The average molecular weight is 376 g/mol. The smallest absolute Gasteiger partial charge is 0.232 e. The van der Waals surface area contributed by atoms with Gasteiger partial charge in [0, 0.05) is 18.7 Å². The Labute approximate surface area is 154 Å². The van der Waals surface area contributed by atoms with Gasteiger partial charge in [-0.05, 0) is 49.7 Å². The Balaban J connectivity index is 2.06. The van der Waals surface area contributed by atoms with Gasteiger partial charge in [0.05, 0.1) is 18.6 Å². The highest BCUT2D eigenvalue weighted by atomic mass is 32.2. The van der Waals surface area contributed by atoms with Crippen LogP contribution in [-0.2, 0) is 14.8 Å². The Hall–Kier alpha value is -2.54. The van der Waals surface area contributed by atoms with Crippen LogP contribution in [0.2, 0.25) is 0 Å². The van der Waals surface area contributed by atoms with Crippen LogP contribution >= 0.6 is 0 Å². The summed E-state index contributed by atoms with van der Waals surface area (Å²) >= 11 is 0. The van der Waals surface area contributed by atoms with E-state index in [9.17, 15) is 13.2 Å². The summed E-state index contributed by atoms with van der Waals surface area (Å²) in [5.74, 6) is 0.431. The molecule has 0 saturated heterocycles. The van der Waals surface area contributed by atoms with Gasteiger partial charge in [0.25, 0.3) is 0 Å². The van der Waals surface area contributed by atoms with E-state index in [4.69, 9.17) is 4.74 Å². The molecule has 26 heavy (non-hydrogen) atoms. The van der Waals surface area contributed by atoms with Gasteiger partial charge < -0.3 is 10.1 Å². The molecule has 0 spiro atoms. The number of anilines is 2. The van der Waals surface area contributed by atoms with E-state index in [1.165, 1.54) is 4.31 Å². The highest BCUT2D eigenvalue weighted by molar-refractivity contribution is 7.92. The van der Waals surface area contributed by atoms with Gasteiger partial charge in [-0.2, -0.15) is 0 Å². The second-order valence-electron chi connectivity index (χ2n) is 5.88. The molecule has 0 aliphatic carbocycles. The molecule has 2 aromatic carbocycles. The number of benzene rings is 2. The molecule has 0 unspecified atom stereocenters. The second kappa shape index (κ2) is 8.71. The zero-order chi connectivity index (χ0) is 19.2. The van der Waals surface area contributed by atoms with E-state index in [-0.39, 0.29) is 18.9 Å². The number of ether oxygens (including phenoxy) is 1. The predicted octanol–water partition coefficient (Wildman–Crippen LogP) is 3.19. The summed E-state index contributed by atoms with van der Waals surface area (Å²) < 4.78 is 30.9. The van der Waals surface area contributed by atoms with Gasteiger partial charge in [0.15, 0.2) is 0 Å². The van der Waals surface area contributed by atoms with Gasteiger partial charge in [-0.3, -0.25) is 9.10 Å². The zero-order valence-electron chi connectivity index (χ0n) is 15.2. The van der Waals surface area contributed by atoms with Crippen LogP contribution in [-0.4, -0.2) is 33.7 Å². The largest absolute Gasteiger partial charge is 0.494 e. The SMILES string of the molecule is CCOc1ccc(N(CCC(=O)Nc2ccccc2C)S(C)(=O)=O)cc1. The highest BCUT2D eigenvalue weighted by Gasteiger charge is 2.19. The van der Waals surface area contributed by atoms with Crippen molar-refractivity contribution in [3.05, 3.63) is 54.1 Å². The van der Waals surface area contributed by atoms with Crippen LogP contribution in [0, 0.1) is 6.92 Å². The van der Waals surface area contributed by atoms with Crippen molar-refractivity contribution in [3.63, 3.8) is 0 Å². The van der Waals surface area contributed by atoms with Crippen LogP contribution in [0.25, 0.3) is 0 Å². The maximum absolute atomic E-state index is 12.2. The summed E-state index contributed by atoms with van der Waals surface area (Å²) in [5, 5.41) is 2.81. The van der Waals surface area contributed by atoms with Gasteiger partial charge in [-0.1, -0.05) is 18.2 Å². The fourth-order valence-electron chi connectivity index (χ4n) is 2.49. The number of carbonyl (C=O) groups excluding carboxylic acids is 1. The molecule has 0 saturated carbocycles. The van der Waals surface area contributed by atoms with Crippen molar-refractivity contribution < 1.29 is 17.9 Å². The van der Waals surface area contributed by atoms with Crippen molar-refractivity contribution in [2.24, 2.45) is 0 Å². The lowest BCUT2D eigenvalue weighted by molar-refractivity contribution is -0.116. The normalized spacial score (nSPS) is 11.0. The molecule has 6 nitrogen and oxygen atoms in total. The molecule has 0 bridgehead atoms. The molecule has 2 aromatic rings. The molecule has 0 aromatic heterocycles. The average Bonchev–Trinajstić information content (AvgIpc) is 2.58. The van der Waals surface area contributed by atoms with Crippen LogP contribution in [0.4, 0.5) is 11.4 Å². The predicted molar refractivity (Wildman–Crippen MR) is 104 cm³/mol. The van der Waals surface area contributed by atoms with Crippen molar-refractivity contribution in [3.8, 4) is 5.75 Å². The number of hydrogen-bond donors (Lipinski definition) is 1. The van der Waals surface area contributed by atoms with Crippen LogP contribution in [0.3, 0.4) is 0 Å². The van der Waals surface area contributed by atoms with Crippen molar-refractivity contribution in [1.29, 1.82) is 0 Å². The standard InChI is InChI=1S/C19H24N2O4S/c1-4-25-17-11-9-16(10-12-17)21(26(3,23)24)14-13-19(22)20-18-8-6-5-7-15(18)2/h5-12H,4,13-14H2,1-3H3,(H,20,22). The molecule has 0 aliphatic rings. The number of nitrogens with one attached hydrogen (secondary N) is 1. The number of aryl methyl sites for hydroxylation is 1. The van der Waals surface area contributed by atoms with Crippen LogP contribution < -0.4 is 14.4 Å². The lowest BCUT2D eigenvalue weighted by atomic mass is 10.2. The molecule has 2 rings (SSSR count). The minimum Gasteiger partial charge on any atom is -0.494 e. The summed E-state index contributed by atoms with van der Waals surface area (Å²) in [6.07, 6.45) is 1.18. The van der Waals surface area contributed by atoms with E-state index in [0.717, 1.165) is 17.5 Å². The van der Waals surface area contributed by atoms with E-state index < -0.39 is 10.0 Å². The summed E-state index contributed by atoms with van der Waals surface area (Å²) in [6.45, 7) is 4.38. The molecule has 140 valence electrons. The fraction of sp³-hybridized carbons (Fsp3) is 0.316. The molecule has 7 heteroatoms. The monoisotopic (exact) mass is 376 g/mol. The molecule has 1 amide bonds. The molecular weight excluding hydrogens is 352 g/mol. The van der Waals surface area contributed by atoms with Crippen molar-refractivity contribution in [2.45, 2.75) is 20.3 Å². The number of amides is 1. The Morgan fingerprint density at radius 2 is 1.77 bits per heavy atom. The maximum Gasteiger partial charge on any atom is 0.232 e. The van der Waals surface area contributed by atoms with E-state index >= 15 is 0 Å². The Morgan fingerprint density at radius 1 is 1.12 bits per heavy atom. The third-order valence-electron chi connectivity index (χ3n) is 3.80. The first-order valence-electron chi connectivity index (χ1n) is 8.37. The minimum atomic E-state index is -3.51. The zero-order valence-corrected chi connectivity index (χ0v) is 16.0. The van der Waals surface area contributed by atoms with Gasteiger partial charge >= 0.3 is 0 Å².